The van der Waals surface area contributed by atoms with Gasteiger partial charge in [0.15, 0.2) is 0 Å². The summed E-state index contributed by atoms with van der Waals surface area (Å²) >= 11 is 1.79. The van der Waals surface area contributed by atoms with Crippen LogP contribution in [-0.4, -0.2) is 16.1 Å². The summed E-state index contributed by atoms with van der Waals surface area (Å²) in [6.07, 6.45) is 3.27. The number of hydrogen-bond donors (Lipinski definition) is 1. The molecule has 0 fully saturated rings. The van der Waals surface area contributed by atoms with Gasteiger partial charge >= 0.3 is 5.69 Å². The van der Waals surface area contributed by atoms with E-state index in [-0.39, 0.29) is 5.69 Å². The van der Waals surface area contributed by atoms with E-state index in [0.29, 0.717) is 6.54 Å². The van der Waals surface area contributed by atoms with Crippen LogP contribution in [0, 0.1) is 6.92 Å². The maximum Gasteiger partial charge on any atom is 0.347 e. The Bertz CT molecular complexity index is 532. The van der Waals surface area contributed by atoms with Crippen molar-refractivity contribution in [3.63, 3.8) is 0 Å². The van der Waals surface area contributed by atoms with Gasteiger partial charge in [0, 0.05) is 41.8 Å². The van der Waals surface area contributed by atoms with Crippen molar-refractivity contribution in [2.24, 2.45) is 0 Å². The van der Waals surface area contributed by atoms with Gasteiger partial charge in [0.05, 0.1) is 0 Å². The van der Waals surface area contributed by atoms with Gasteiger partial charge in [-0.05, 0) is 25.1 Å². The number of hydrogen-bond acceptors (Lipinski definition) is 4. The third kappa shape index (κ3) is 3.51. The van der Waals surface area contributed by atoms with Crippen molar-refractivity contribution in [1.82, 2.24) is 14.9 Å². The molecule has 90 valence electrons. The largest absolute Gasteiger partial charge is 0.347 e. The third-order valence-corrected chi connectivity index (χ3v) is 3.41. The normalized spacial score (nSPS) is 10.6. The molecule has 0 bridgehead atoms. The van der Waals surface area contributed by atoms with Gasteiger partial charge in [-0.25, -0.2) is 9.78 Å². The summed E-state index contributed by atoms with van der Waals surface area (Å²) in [4.78, 5) is 17.7. The lowest BCUT2D eigenvalue weighted by molar-refractivity contribution is 0.578. The second-order valence-electron chi connectivity index (χ2n) is 3.78. The van der Waals surface area contributed by atoms with Crippen LogP contribution in [-0.2, 0) is 13.1 Å². The molecule has 0 atom stereocenters. The average molecular weight is 249 g/mol. The number of nitrogens with one attached hydrogen (secondary N) is 1. The van der Waals surface area contributed by atoms with Crippen molar-refractivity contribution in [2.45, 2.75) is 20.0 Å². The molecule has 0 saturated carbocycles. The zero-order valence-corrected chi connectivity index (χ0v) is 10.5. The monoisotopic (exact) mass is 249 g/mol. The van der Waals surface area contributed by atoms with Gasteiger partial charge < -0.3 is 5.32 Å². The molecule has 5 heteroatoms. The fraction of sp³-hybridized carbons (Fsp3) is 0.333. The number of aromatic nitrogens is 2. The summed E-state index contributed by atoms with van der Waals surface area (Å²) in [6.45, 7) is 4.37. The topological polar surface area (TPSA) is 46.9 Å². The summed E-state index contributed by atoms with van der Waals surface area (Å²) in [5.74, 6) is 0. The van der Waals surface area contributed by atoms with Crippen LogP contribution in [0.2, 0.25) is 0 Å². The SMILES string of the molecule is Cc1ccc(CNCCn2cccnc2=O)s1. The van der Waals surface area contributed by atoms with Gasteiger partial charge in [0.1, 0.15) is 0 Å². The molecule has 17 heavy (non-hydrogen) atoms. The van der Waals surface area contributed by atoms with Gasteiger partial charge in [0.25, 0.3) is 0 Å². The van der Waals surface area contributed by atoms with Gasteiger partial charge in [-0.15, -0.1) is 11.3 Å². The molecular weight excluding hydrogens is 234 g/mol. The summed E-state index contributed by atoms with van der Waals surface area (Å²) in [7, 11) is 0. The van der Waals surface area contributed by atoms with Crippen LogP contribution in [0.4, 0.5) is 0 Å². The van der Waals surface area contributed by atoms with E-state index in [1.54, 1.807) is 28.2 Å². The lowest BCUT2D eigenvalue weighted by atomic mass is 10.4. The first-order valence-electron chi connectivity index (χ1n) is 5.53. The Kier molecular flexibility index (Phi) is 4.06. The van der Waals surface area contributed by atoms with E-state index in [9.17, 15) is 4.79 Å². The molecular formula is C12H15N3OS. The minimum absolute atomic E-state index is 0.193. The lowest BCUT2D eigenvalue weighted by Crippen LogP contribution is -2.27. The van der Waals surface area contributed by atoms with Gasteiger partial charge in [0.2, 0.25) is 0 Å². The molecule has 0 aromatic carbocycles. The molecule has 0 spiro atoms. The average Bonchev–Trinajstić information content (AvgIpc) is 2.73. The highest BCUT2D eigenvalue weighted by atomic mass is 32.1. The Labute approximate surface area is 104 Å². The Morgan fingerprint density at radius 3 is 3.06 bits per heavy atom. The van der Waals surface area contributed by atoms with Gasteiger partial charge in [-0.2, -0.15) is 0 Å². The second-order valence-corrected chi connectivity index (χ2v) is 5.16. The Balaban J connectivity index is 1.77. The zero-order chi connectivity index (χ0) is 12.1. The lowest BCUT2D eigenvalue weighted by Gasteiger charge is -2.05. The summed E-state index contributed by atoms with van der Waals surface area (Å²) in [6, 6.07) is 6.01. The standard InChI is InChI=1S/C12H15N3OS/c1-10-3-4-11(17-10)9-13-6-8-15-7-2-5-14-12(15)16/h2-5,7,13H,6,8-9H2,1H3. The molecule has 2 heterocycles. The van der Waals surface area contributed by atoms with E-state index < -0.39 is 0 Å². The molecule has 0 amide bonds. The molecule has 0 aliphatic rings. The van der Waals surface area contributed by atoms with E-state index in [2.05, 4.69) is 29.4 Å². The van der Waals surface area contributed by atoms with Crippen molar-refractivity contribution < 1.29 is 0 Å². The van der Waals surface area contributed by atoms with Crippen LogP contribution in [0.3, 0.4) is 0 Å². The summed E-state index contributed by atoms with van der Waals surface area (Å²) in [5, 5.41) is 3.31. The molecule has 0 aliphatic heterocycles. The van der Waals surface area contributed by atoms with E-state index in [0.717, 1.165) is 13.1 Å². The molecule has 0 unspecified atom stereocenters. The number of thiophene rings is 1. The second kappa shape index (κ2) is 5.75. The Morgan fingerprint density at radius 2 is 2.35 bits per heavy atom. The molecule has 2 aromatic rings. The van der Waals surface area contributed by atoms with E-state index in [4.69, 9.17) is 0 Å². The summed E-state index contributed by atoms with van der Waals surface area (Å²) in [5.41, 5.74) is -0.193. The molecule has 2 aromatic heterocycles. The van der Waals surface area contributed by atoms with E-state index in [1.165, 1.54) is 16.0 Å². The maximum atomic E-state index is 11.3. The van der Waals surface area contributed by atoms with Crippen LogP contribution in [0.5, 0.6) is 0 Å². The van der Waals surface area contributed by atoms with Crippen molar-refractivity contribution in [3.05, 3.63) is 50.8 Å². The smallest absolute Gasteiger partial charge is 0.310 e. The first-order chi connectivity index (χ1) is 8.25. The zero-order valence-electron chi connectivity index (χ0n) is 9.72. The maximum absolute atomic E-state index is 11.3. The molecule has 0 radical (unpaired) electrons. The van der Waals surface area contributed by atoms with Crippen molar-refractivity contribution in [2.75, 3.05) is 6.54 Å². The molecule has 1 N–H and O–H groups in total. The highest BCUT2D eigenvalue weighted by Gasteiger charge is 1.97. The number of rotatable bonds is 5. The van der Waals surface area contributed by atoms with Crippen LogP contribution in [0.25, 0.3) is 0 Å². The Hall–Kier alpha value is -1.46. The molecule has 2 rings (SSSR count). The first kappa shape index (κ1) is 12.0. The van der Waals surface area contributed by atoms with Gasteiger partial charge in [-0.3, -0.25) is 4.57 Å². The molecule has 0 aliphatic carbocycles. The highest BCUT2D eigenvalue weighted by molar-refractivity contribution is 7.11. The van der Waals surface area contributed by atoms with Crippen molar-refractivity contribution >= 4 is 11.3 Å². The fourth-order valence-corrected chi connectivity index (χ4v) is 2.41. The van der Waals surface area contributed by atoms with Crippen LogP contribution >= 0.6 is 11.3 Å². The van der Waals surface area contributed by atoms with Crippen molar-refractivity contribution in [1.29, 1.82) is 0 Å². The Morgan fingerprint density at radius 1 is 1.47 bits per heavy atom. The predicted octanol–water partition coefficient (Wildman–Crippen LogP) is 1.40. The van der Waals surface area contributed by atoms with E-state index >= 15 is 0 Å². The minimum atomic E-state index is -0.193. The third-order valence-electron chi connectivity index (χ3n) is 2.41. The molecule has 4 nitrogen and oxygen atoms in total. The van der Waals surface area contributed by atoms with Crippen LogP contribution in [0.1, 0.15) is 9.75 Å². The minimum Gasteiger partial charge on any atom is -0.310 e. The number of nitrogens with zero attached hydrogens (tertiary/aromatic N) is 2. The van der Waals surface area contributed by atoms with E-state index in [1.807, 2.05) is 0 Å². The quantitative estimate of drug-likeness (QED) is 0.815. The summed E-state index contributed by atoms with van der Waals surface area (Å²) < 4.78 is 1.60. The van der Waals surface area contributed by atoms with Crippen LogP contribution in [0.15, 0.2) is 35.4 Å². The van der Waals surface area contributed by atoms with Gasteiger partial charge in [-0.1, -0.05) is 0 Å². The first-order valence-corrected chi connectivity index (χ1v) is 6.35. The number of aryl methyl sites for hydroxylation is 1. The highest BCUT2D eigenvalue weighted by Crippen LogP contribution is 2.14. The predicted molar refractivity (Wildman–Crippen MR) is 69.3 cm³/mol. The fourth-order valence-electron chi connectivity index (χ4n) is 1.55. The van der Waals surface area contributed by atoms with Crippen molar-refractivity contribution in [3.8, 4) is 0 Å². The molecule has 0 saturated heterocycles. The van der Waals surface area contributed by atoms with Crippen LogP contribution < -0.4 is 11.0 Å².